The van der Waals surface area contributed by atoms with Crippen LogP contribution in [0.5, 0.6) is 0 Å². The lowest BCUT2D eigenvalue weighted by Gasteiger charge is -2.36. The van der Waals surface area contributed by atoms with Crippen LogP contribution < -0.4 is 0 Å². The van der Waals surface area contributed by atoms with Gasteiger partial charge in [0.2, 0.25) is 0 Å². The second kappa shape index (κ2) is 4.90. The van der Waals surface area contributed by atoms with Crippen LogP contribution in [0, 0.1) is 5.41 Å². The number of nitrogens with zero attached hydrogens (tertiary/aromatic N) is 3. The van der Waals surface area contributed by atoms with Crippen molar-refractivity contribution in [3.63, 3.8) is 0 Å². The SMILES string of the molecule is CN1CCN(C)C(c2nc3c(s2)C(=O)CC(C)(C)C3)C1. The summed E-state index contributed by atoms with van der Waals surface area (Å²) in [6.45, 7) is 7.48. The highest BCUT2D eigenvalue weighted by Crippen LogP contribution is 2.39. The van der Waals surface area contributed by atoms with E-state index in [0.717, 1.165) is 41.6 Å². The summed E-state index contributed by atoms with van der Waals surface area (Å²) in [4.78, 5) is 22.7. The van der Waals surface area contributed by atoms with Gasteiger partial charge in [-0.2, -0.15) is 0 Å². The number of hydrogen-bond acceptors (Lipinski definition) is 5. The second-order valence-corrected chi connectivity index (χ2v) is 8.06. The van der Waals surface area contributed by atoms with Gasteiger partial charge in [0.25, 0.3) is 0 Å². The molecule has 0 saturated carbocycles. The van der Waals surface area contributed by atoms with E-state index in [9.17, 15) is 4.79 Å². The highest BCUT2D eigenvalue weighted by molar-refractivity contribution is 7.14. The minimum absolute atomic E-state index is 0.0602. The number of thiazole rings is 1. The van der Waals surface area contributed by atoms with Gasteiger partial charge in [-0.05, 0) is 25.9 Å². The third-order valence-electron chi connectivity index (χ3n) is 4.39. The van der Waals surface area contributed by atoms with E-state index in [1.54, 1.807) is 11.3 Å². The maximum absolute atomic E-state index is 12.3. The molecule has 1 saturated heterocycles. The van der Waals surface area contributed by atoms with Gasteiger partial charge >= 0.3 is 0 Å². The van der Waals surface area contributed by atoms with E-state index in [4.69, 9.17) is 4.98 Å². The first-order chi connectivity index (χ1) is 9.35. The van der Waals surface area contributed by atoms with Crippen molar-refractivity contribution in [2.75, 3.05) is 33.7 Å². The molecule has 5 heteroatoms. The molecule has 2 heterocycles. The molecule has 4 nitrogen and oxygen atoms in total. The molecular formula is C15H23N3OS. The molecule has 1 atom stereocenters. The molecule has 0 aromatic carbocycles. The van der Waals surface area contributed by atoms with Crippen LogP contribution in [0.15, 0.2) is 0 Å². The number of carbonyl (C=O) groups is 1. The quantitative estimate of drug-likeness (QED) is 0.795. The predicted molar refractivity (Wildman–Crippen MR) is 81.4 cm³/mol. The molecule has 0 radical (unpaired) electrons. The van der Waals surface area contributed by atoms with Gasteiger partial charge in [-0.15, -0.1) is 11.3 Å². The van der Waals surface area contributed by atoms with Gasteiger partial charge < -0.3 is 4.90 Å². The molecule has 1 aromatic rings. The molecule has 110 valence electrons. The number of fused-ring (bicyclic) bond motifs is 1. The smallest absolute Gasteiger partial charge is 0.175 e. The van der Waals surface area contributed by atoms with Crippen LogP contribution >= 0.6 is 11.3 Å². The highest BCUT2D eigenvalue weighted by atomic mass is 32.1. The summed E-state index contributed by atoms with van der Waals surface area (Å²) in [7, 11) is 4.31. The number of hydrogen-bond donors (Lipinski definition) is 0. The Hall–Kier alpha value is -0.780. The average molecular weight is 293 g/mol. The Kier molecular flexibility index (Phi) is 3.47. The number of ketones is 1. The Balaban J connectivity index is 1.91. The van der Waals surface area contributed by atoms with Crippen LogP contribution in [0.1, 0.15) is 46.7 Å². The molecule has 0 amide bonds. The summed E-state index contributed by atoms with van der Waals surface area (Å²) >= 11 is 1.63. The third-order valence-corrected chi connectivity index (χ3v) is 5.63. The van der Waals surface area contributed by atoms with Crippen LogP contribution in [-0.2, 0) is 6.42 Å². The molecule has 0 bridgehead atoms. The maximum Gasteiger partial charge on any atom is 0.175 e. The first kappa shape index (κ1) is 14.2. The Morgan fingerprint density at radius 2 is 2.00 bits per heavy atom. The first-order valence-electron chi connectivity index (χ1n) is 7.27. The molecule has 2 aliphatic rings. The zero-order valence-electron chi connectivity index (χ0n) is 12.8. The molecule has 20 heavy (non-hydrogen) atoms. The van der Waals surface area contributed by atoms with Crippen molar-refractivity contribution in [1.29, 1.82) is 0 Å². The molecular weight excluding hydrogens is 270 g/mol. The van der Waals surface area contributed by atoms with Crippen LogP contribution in [0.2, 0.25) is 0 Å². The lowest BCUT2D eigenvalue weighted by Crippen LogP contribution is -2.44. The third kappa shape index (κ3) is 2.54. The zero-order chi connectivity index (χ0) is 14.5. The summed E-state index contributed by atoms with van der Waals surface area (Å²) in [5.41, 5.74) is 1.10. The van der Waals surface area contributed by atoms with Crippen molar-refractivity contribution in [2.24, 2.45) is 5.41 Å². The topological polar surface area (TPSA) is 36.4 Å². The van der Waals surface area contributed by atoms with Crippen molar-refractivity contribution in [1.82, 2.24) is 14.8 Å². The largest absolute Gasteiger partial charge is 0.303 e. The van der Waals surface area contributed by atoms with Crippen LogP contribution in [-0.4, -0.2) is 54.3 Å². The Morgan fingerprint density at radius 3 is 2.75 bits per heavy atom. The fourth-order valence-corrected chi connectivity index (χ4v) is 4.33. The normalized spacial score (nSPS) is 27.6. The Bertz CT molecular complexity index is 537. The van der Waals surface area contributed by atoms with Gasteiger partial charge in [0.05, 0.1) is 16.6 Å². The molecule has 1 aromatic heterocycles. The average Bonchev–Trinajstić information content (AvgIpc) is 2.74. The second-order valence-electron chi connectivity index (χ2n) is 7.03. The van der Waals surface area contributed by atoms with Gasteiger partial charge in [0.15, 0.2) is 5.78 Å². The van der Waals surface area contributed by atoms with Gasteiger partial charge in [-0.25, -0.2) is 4.98 Å². The summed E-state index contributed by atoms with van der Waals surface area (Å²) in [5.74, 6) is 0.284. The first-order valence-corrected chi connectivity index (χ1v) is 8.09. The lowest BCUT2D eigenvalue weighted by molar-refractivity contribution is 0.0915. The van der Waals surface area contributed by atoms with Crippen molar-refractivity contribution in [3.05, 3.63) is 15.6 Å². The minimum atomic E-state index is 0.0602. The number of carbonyl (C=O) groups excluding carboxylic acids is 1. The van der Waals surface area contributed by atoms with Crippen molar-refractivity contribution < 1.29 is 4.79 Å². The van der Waals surface area contributed by atoms with Gasteiger partial charge in [-0.1, -0.05) is 13.8 Å². The predicted octanol–water partition coefficient (Wildman–Crippen LogP) is 2.22. The number of piperazine rings is 1. The molecule has 3 rings (SSSR count). The zero-order valence-corrected chi connectivity index (χ0v) is 13.6. The molecule has 0 spiro atoms. The summed E-state index contributed by atoms with van der Waals surface area (Å²) in [5, 5.41) is 1.12. The monoisotopic (exact) mass is 293 g/mol. The molecule has 1 aliphatic carbocycles. The van der Waals surface area contributed by atoms with Gasteiger partial charge in [0, 0.05) is 26.1 Å². The number of likely N-dealkylation sites (N-methyl/N-ethyl adjacent to an activating group) is 2. The minimum Gasteiger partial charge on any atom is -0.303 e. The highest BCUT2D eigenvalue weighted by Gasteiger charge is 2.36. The lowest BCUT2D eigenvalue weighted by atomic mass is 9.78. The summed E-state index contributed by atoms with van der Waals surface area (Å²) in [6, 6.07) is 0.334. The fourth-order valence-electron chi connectivity index (χ4n) is 3.16. The van der Waals surface area contributed by atoms with Crippen molar-refractivity contribution >= 4 is 17.1 Å². The molecule has 1 aliphatic heterocycles. The van der Waals surface area contributed by atoms with Gasteiger partial charge in [0.1, 0.15) is 5.01 Å². The summed E-state index contributed by atoms with van der Waals surface area (Å²) < 4.78 is 0. The van der Waals surface area contributed by atoms with E-state index in [-0.39, 0.29) is 11.2 Å². The fraction of sp³-hybridized carbons (Fsp3) is 0.733. The Labute approximate surface area is 124 Å². The van der Waals surface area contributed by atoms with E-state index in [1.807, 2.05) is 0 Å². The number of aromatic nitrogens is 1. The standard InChI is InChI=1S/C15H23N3OS/c1-15(2)7-10-13(12(19)8-15)20-14(16-10)11-9-17(3)5-6-18(11)4/h11H,5-9H2,1-4H3. The van der Waals surface area contributed by atoms with Crippen LogP contribution in [0.25, 0.3) is 0 Å². The molecule has 1 fully saturated rings. The van der Waals surface area contributed by atoms with Crippen LogP contribution in [0.3, 0.4) is 0 Å². The summed E-state index contributed by atoms with van der Waals surface area (Å²) in [6.07, 6.45) is 1.58. The van der Waals surface area contributed by atoms with E-state index < -0.39 is 0 Å². The molecule has 0 N–H and O–H groups in total. The number of rotatable bonds is 1. The van der Waals surface area contributed by atoms with E-state index in [2.05, 4.69) is 37.7 Å². The van der Waals surface area contributed by atoms with E-state index in [1.165, 1.54) is 0 Å². The van der Waals surface area contributed by atoms with Gasteiger partial charge in [-0.3, -0.25) is 9.69 Å². The van der Waals surface area contributed by atoms with E-state index >= 15 is 0 Å². The van der Waals surface area contributed by atoms with Crippen LogP contribution in [0.4, 0.5) is 0 Å². The Morgan fingerprint density at radius 1 is 1.25 bits per heavy atom. The number of Topliss-reactive ketones (excluding diaryl/α,β-unsaturated/α-hetero) is 1. The van der Waals surface area contributed by atoms with Crippen molar-refractivity contribution in [2.45, 2.75) is 32.7 Å². The van der Waals surface area contributed by atoms with E-state index in [0.29, 0.717) is 12.5 Å². The molecule has 1 unspecified atom stereocenters. The maximum atomic E-state index is 12.3. The van der Waals surface area contributed by atoms with Crippen molar-refractivity contribution in [3.8, 4) is 0 Å².